The topological polar surface area (TPSA) is 18.5 Å². The Labute approximate surface area is 108 Å². The molecule has 0 amide bonds. The Balaban J connectivity index is 0.00000169. The molecule has 4 heteroatoms. The SMILES string of the molecule is CCOB(OCC)c1ccccc1.[Na]. The van der Waals surface area contributed by atoms with Gasteiger partial charge in [-0.3, -0.25) is 0 Å². The monoisotopic (exact) mass is 201 g/mol. The molecule has 1 aromatic rings. The van der Waals surface area contributed by atoms with Crippen LogP contribution in [0.25, 0.3) is 0 Å². The first-order valence-corrected chi connectivity index (χ1v) is 4.66. The summed E-state index contributed by atoms with van der Waals surface area (Å²) in [6, 6.07) is 9.98. The molecule has 0 aliphatic rings. The first kappa shape index (κ1) is 14.2. The molecule has 0 aliphatic carbocycles. The maximum absolute atomic E-state index is 5.45. The summed E-state index contributed by atoms with van der Waals surface area (Å²) in [5.74, 6) is 0. The fourth-order valence-electron chi connectivity index (χ4n) is 1.15. The van der Waals surface area contributed by atoms with Gasteiger partial charge in [0, 0.05) is 42.8 Å². The molecule has 1 aromatic carbocycles. The predicted octanol–water partition coefficient (Wildman–Crippen LogP) is 1.07. The van der Waals surface area contributed by atoms with Gasteiger partial charge in [-0.1, -0.05) is 30.3 Å². The Kier molecular flexibility index (Phi) is 8.63. The molecule has 0 bridgehead atoms. The van der Waals surface area contributed by atoms with E-state index < -0.39 is 0 Å². The predicted molar refractivity (Wildman–Crippen MR) is 60.8 cm³/mol. The van der Waals surface area contributed by atoms with E-state index in [0.717, 1.165) is 5.46 Å². The average molecular weight is 201 g/mol. The second kappa shape index (κ2) is 8.51. The van der Waals surface area contributed by atoms with E-state index in [0.29, 0.717) is 13.2 Å². The van der Waals surface area contributed by atoms with Crippen LogP contribution in [0.15, 0.2) is 30.3 Å². The van der Waals surface area contributed by atoms with Crippen LogP contribution < -0.4 is 5.46 Å². The van der Waals surface area contributed by atoms with Crippen LogP contribution in [-0.2, 0) is 9.31 Å². The van der Waals surface area contributed by atoms with Crippen LogP contribution in [-0.4, -0.2) is 49.9 Å². The first-order valence-electron chi connectivity index (χ1n) is 4.66. The van der Waals surface area contributed by atoms with Crippen molar-refractivity contribution in [3.63, 3.8) is 0 Å². The van der Waals surface area contributed by atoms with Gasteiger partial charge in [0.15, 0.2) is 0 Å². The van der Waals surface area contributed by atoms with Gasteiger partial charge >= 0.3 is 7.12 Å². The zero-order valence-corrected chi connectivity index (χ0v) is 11.2. The molecule has 0 saturated heterocycles. The van der Waals surface area contributed by atoms with Crippen LogP contribution >= 0.6 is 0 Å². The minimum atomic E-state index is -0.212. The molecule has 0 spiro atoms. The quantitative estimate of drug-likeness (QED) is 0.663. The molecular formula is C10H15BNaO2. The second-order valence-corrected chi connectivity index (χ2v) is 2.65. The van der Waals surface area contributed by atoms with Gasteiger partial charge in [-0.15, -0.1) is 0 Å². The van der Waals surface area contributed by atoms with E-state index >= 15 is 0 Å². The fourth-order valence-corrected chi connectivity index (χ4v) is 1.15. The zero-order valence-electron chi connectivity index (χ0n) is 9.19. The van der Waals surface area contributed by atoms with E-state index in [2.05, 4.69) is 0 Å². The molecule has 0 aliphatic heterocycles. The Morgan fingerprint density at radius 2 is 1.50 bits per heavy atom. The van der Waals surface area contributed by atoms with Gasteiger partial charge in [-0.2, -0.15) is 0 Å². The normalized spacial score (nSPS) is 9.29. The molecule has 0 unspecified atom stereocenters. The van der Waals surface area contributed by atoms with Crippen molar-refractivity contribution in [3.8, 4) is 0 Å². The molecule has 0 atom stereocenters. The van der Waals surface area contributed by atoms with E-state index in [-0.39, 0.29) is 36.7 Å². The van der Waals surface area contributed by atoms with Crippen LogP contribution in [0.5, 0.6) is 0 Å². The summed E-state index contributed by atoms with van der Waals surface area (Å²) in [6.07, 6.45) is 0. The molecule has 0 saturated carbocycles. The van der Waals surface area contributed by atoms with Crippen LogP contribution in [0.3, 0.4) is 0 Å². The smallest absolute Gasteiger partial charge is 0.408 e. The Morgan fingerprint density at radius 1 is 1.00 bits per heavy atom. The summed E-state index contributed by atoms with van der Waals surface area (Å²) in [6.45, 7) is 5.27. The summed E-state index contributed by atoms with van der Waals surface area (Å²) in [4.78, 5) is 0. The summed E-state index contributed by atoms with van der Waals surface area (Å²) in [5, 5.41) is 0. The molecule has 0 fully saturated rings. The molecule has 1 radical (unpaired) electrons. The van der Waals surface area contributed by atoms with Gasteiger partial charge in [-0.25, -0.2) is 0 Å². The third-order valence-corrected chi connectivity index (χ3v) is 1.71. The van der Waals surface area contributed by atoms with Crippen molar-refractivity contribution >= 4 is 42.1 Å². The van der Waals surface area contributed by atoms with Crippen LogP contribution in [0.2, 0.25) is 0 Å². The van der Waals surface area contributed by atoms with E-state index in [1.807, 2.05) is 44.2 Å². The molecule has 14 heavy (non-hydrogen) atoms. The first-order chi connectivity index (χ1) is 6.38. The Bertz CT molecular complexity index is 225. The maximum Gasteiger partial charge on any atom is 0.493 e. The van der Waals surface area contributed by atoms with Crippen molar-refractivity contribution in [3.05, 3.63) is 30.3 Å². The molecule has 0 N–H and O–H groups in total. The van der Waals surface area contributed by atoms with Crippen molar-refractivity contribution in [1.29, 1.82) is 0 Å². The van der Waals surface area contributed by atoms with Crippen LogP contribution in [0.4, 0.5) is 0 Å². The molecule has 0 heterocycles. The van der Waals surface area contributed by atoms with E-state index in [4.69, 9.17) is 9.31 Å². The Morgan fingerprint density at radius 3 is 1.93 bits per heavy atom. The summed E-state index contributed by atoms with van der Waals surface area (Å²) in [5.41, 5.74) is 1.08. The van der Waals surface area contributed by atoms with E-state index in [1.165, 1.54) is 0 Å². The van der Waals surface area contributed by atoms with E-state index in [1.54, 1.807) is 0 Å². The number of hydrogen-bond acceptors (Lipinski definition) is 2. The second-order valence-electron chi connectivity index (χ2n) is 2.65. The fraction of sp³-hybridized carbons (Fsp3) is 0.400. The molecule has 71 valence electrons. The van der Waals surface area contributed by atoms with Gasteiger partial charge in [0.05, 0.1) is 0 Å². The van der Waals surface area contributed by atoms with Gasteiger partial charge in [0.2, 0.25) is 0 Å². The summed E-state index contributed by atoms with van der Waals surface area (Å²) < 4.78 is 10.9. The zero-order chi connectivity index (χ0) is 9.52. The third kappa shape index (κ3) is 4.62. The number of hydrogen-bond donors (Lipinski definition) is 0. The van der Waals surface area contributed by atoms with E-state index in [9.17, 15) is 0 Å². The minimum Gasteiger partial charge on any atom is -0.408 e. The van der Waals surface area contributed by atoms with Crippen molar-refractivity contribution in [2.45, 2.75) is 13.8 Å². The maximum atomic E-state index is 5.45. The van der Waals surface area contributed by atoms with Gasteiger partial charge < -0.3 is 9.31 Å². The van der Waals surface area contributed by atoms with Crippen molar-refractivity contribution in [2.75, 3.05) is 13.2 Å². The molecule has 1 rings (SSSR count). The minimum absolute atomic E-state index is 0. The Hall–Kier alpha value is 0.205. The summed E-state index contributed by atoms with van der Waals surface area (Å²) in [7, 11) is -0.212. The molecule has 2 nitrogen and oxygen atoms in total. The van der Waals surface area contributed by atoms with Gasteiger partial charge in [-0.05, 0) is 19.3 Å². The standard InChI is InChI=1S/C10H15BO2.Na/c1-3-12-11(13-4-2)10-8-6-5-7-9-10;/h5-9H,3-4H2,1-2H3;. The molecular weight excluding hydrogens is 186 g/mol. The third-order valence-electron chi connectivity index (χ3n) is 1.71. The molecule has 0 aromatic heterocycles. The number of benzene rings is 1. The number of rotatable bonds is 5. The van der Waals surface area contributed by atoms with Crippen molar-refractivity contribution in [1.82, 2.24) is 0 Å². The van der Waals surface area contributed by atoms with Crippen molar-refractivity contribution in [2.24, 2.45) is 0 Å². The van der Waals surface area contributed by atoms with Crippen LogP contribution in [0.1, 0.15) is 13.8 Å². The van der Waals surface area contributed by atoms with Crippen molar-refractivity contribution < 1.29 is 9.31 Å². The van der Waals surface area contributed by atoms with Crippen LogP contribution in [0, 0.1) is 0 Å². The van der Waals surface area contributed by atoms with Gasteiger partial charge in [0.25, 0.3) is 0 Å². The van der Waals surface area contributed by atoms with Gasteiger partial charge in [0.1, 0.15) is 0 Å². The summed E-state index contributed by atoms with van der Waals surface area (Å²) >= 11 is 0. The average Bonchev–Trinajstić information content (AvgIpc) is 2.19. The largest absolute Gasteiger partial charge is 0.493 e.